The summed E-state index contributed by atoms with van der Waals surface area (Å²) < 4.78 is 19.0. The Morgan fingerprint density at radius 2 is 2.03 bits per heavy atom. The van der Waals surface area contributed by atoms with Crippen LogP contribution >= 0.6 is 0 Å². The Morgan fingerprint density at radius 3 is 2.67 bits per heavy atom. The zero-order valence-corrected chi connectivity index (χ0v) is 18.1. The molecule has 1 unspecified atom stereocenters. The number of carbonyl (C=O) groups is 1. The van der Waals surface area contributed by atoms with E-state index in [1.165, 1.54) is 18.6 Å². The van der Waals surface area contributed by atoms with E-state index in [0.29, 0.717) is 30.1 Å². The number of rotatable bonds is 8. The molecule has 2 fully saturated rings. The van der Waals surface area contributed by atoms with Gasteiger partial charge in [-0.05, 0) is 31.9 Å². The molecule has 0 bridgehead atoms. The standard InChI is InChI=1S/C22H34FN5O2/c1-17(30-20-8-4-7-19(23)15-20)16-26-22(24-2)25-9-10-27-11-13-28(14-12-27)21(29)18-5-3-6-18/h4,7-8,15,17-18H,3,5-6,9-14,16H2,1-2H3,(H2,24,25,26). The number of aliphatic imine (C=N–C) groups is 1. The lowest BCUT2D eigenvalue weighted by Gasteiger charge is -2.38. The maximum absolute atomic E-state index is 13.2. The lowest BCUT2D eigenvalue weighted by atomic mass is 9.84. The molecule has 3 rings (SSSR count). The predicted molar refractivity (Wildman–Crippen MR) is 116 cm³/mol. The van der Waals surface area contributed by atoms with Gasteiger partial charge in [0.15, 0.2) is 5.96 Å². The highest BCUT2D eigenvalue weighted by Gasteiger charge is 2.30. The Morgan fingerprint density at radius 1 is 1.27 bits per heavy atom. The zero-order chi connectivity index (χ0) is 21.3. The molecule has 166 valence electrons. The summed E-state index contributed by atoms with van der Waals surface area (Å²) in [5.41, 5.74) is 0. The lowest BCUT2D eigenvalue weighted by molar-refractivity contribution is -0.139. The largest absolute Gasteiger partial charge is 0.489 e. The Labute approximate surface area is 178 Å². The van der Waals surface area contributed by atoms with Crippen LogP contribution in [0.4, 0.5) is 4.39 Å². The highest BCUT2D eigenvalue weighted by Crippen LogP contribution is 2.28. The van der Waals surface area contributed by atoms with Crippen molar-refractivity contribution < 1.29 is 13.9 Å². The van der Waals surface area contributed by atoms with Crippen molar-refractivity contribution in [1.82, 2.24) is 20.4 Å². The van der Waals surface area contributed by atoms with Crippen molar-refractivity contribution >= 4 is 11.9 Å². The summed E-state index contributed by atoms with van der Waals surface area (Å²) in [4.78, 5) is 21.0. The van der Waals surface area contributed by atoms with Crippen molar-refractivity contribution in [2.24, 2.45) is 10.9 Å². The topological polar surface area (TPSA) is 69.2 Å². The summed E-state index contributed by atoms with van der Waals surface area (Å²) in [6.07, 6.45) is 3.21. The quantitative estimate of drug-likeness (QED) is 0.496. The van der Waals surface area contributed by atoms with Gasteiger partial charge in [0.2, 0.25) is 5.91 Å². The maximum Gasteiger partial charge on any atom is 0.225 e. The molecular formula is C22H34FN5O2. The number of hydrogen-bond donors (Lipinski definition) is 2. The fraction of sp³-hybridized carbons (Fsp3) is 0.636. The van der Waals surface area contributed by atoms with Gasteiger partial charge in [0.05, 0.1) is 6.54 Å². The number of amides is 1. The second kappa shape index (κ2) is 11.2. The van der Waals surface area contributed by atoms with Crippen LogP contribution in [0.15, 0.2) is 29.3 Å². The van der Waals surface area contributed by atoms with Gasteiger partial charge in [-0.2, -0.15) is 0 Å². The second-order valence-electron chi connectivity index (χ2n) is 8.06. The SMILES string of the molecule is CN=C(NCCN1CCN(C(=O)C2CCC2)CC1)NCC(C)Oc1cccc(F)c1. The molecule has 7 nitrogen and oxygen atoms in total. The van der Waals surface area contributed by atoms with Crippen molar-refractivity contribution in [3.63, 3.8) is 0 Å². The van der Waals surface area contributed by atoms with Gasteiger partial charge in [-0.25, -0.2) is 4.39 Å². The van der Waals surface area contributed by atoms with E-state index >= 15 is 0 Å². The van der Waals surface area contributed by atoms with Crippen molar-refractivity contribution in [3.05, 3.63) is 30.1 Å². The summed E-state index contributed by atoms with van der Waals surface area (Å²) in [5, 5.41) is 6.55. The smallest absolute Gasteiger partial charge is 0.225 e. The Balaban J connectivity index is 1.29. The number of piperazine rings is 1. The number of hydrogen-bond acceptors (Lipinski definition) is 4. The van der Waals surface area contributed by atoms with E-state index in [4.69, 9.17) is 4.74 Å². The third-order valence-corrected chi connectivity index (χ3v) is 5.77. The first-order chi connectivity index (χ1) is 14.5. The number of halogens is 1. The molecule has 1 amide bonds. The highest BCUT2D eigenvalue weighted by molar-refractivity contribution is 5.80. The van der Waals surface area contributed by atoms with E-state index < -0.39 is 0 Å². The van der Waals surface area contributed by atoms with Crippen LogP contribution in [-0.4, -0.2) is 80.6 Å². The van der Waals surface area contributed by atoms with Gasteiger partial charge in [-0.1, -0.05) is 12.5 Å². The summed E-state index contributed by atoms with van der Waals surface area (Å²) in [6.45, 7) is 7.66. The van der Waals surface area contributed by atoms with Crippen molar-refractivity contribution in [2.75, 3.05) is 52.9 Å². The van der Waals surface area contributed by atoms with Crippen LogP contribution in [-0.2, 0) is 4.79 Å². The molecule has 2 aliphatic rings. The van der Waals surface area contributed by atoms with E-state index in [0.717, 1.165) is 52.1 Å². The summed E-state index contributed by atoms with van der Waals surface area (Å²) in [5.74, 6) is 1.57. The highest BCUT2D eigenvalue weighted by atomic mass is 19.1. The Kier molecular flexibility index (Phi) is 8.30. The molecule has 8 heteroatoms. The minimum atomic E-state index is -0.307. The molecule has 0 spiro atoms. The molecule has 1 atom stereocenters. The summed E-state index contributed by atoms with van der Waals surface area (Å²) >= 11 is 0. The molecule has 1 heterocycles. The molecule has 0 aromatic heterocycles. The molecule has 2 N–H and O–H groups in total. The zero-order valence-electron chi connectivity index (χ0n) is 18.1. The average molecular weight is 420 g/mol. The van der Waals surface area contributed by atoms with Crippen molar-refractivity contribution in [3.8, 4) is 5.75 Å². The van der Waals surface area contributed by atoms with E-state index in [1.807, 2.05) is 11.8 Å². The van der Waals surface area contributed by atoms with E-state index in [1.54, 1.807) is 19.2 Å². The maximum atomic E-state index is 13.2. The van der Waals surface area contributed by atoms with Gasteiger partial charge < -0.3 is 20.3 Å². The van der Waals surface area contributed by atoms with Crippen LogP contribution < -0.4 is 15.4 Å². The monoisotopic (exact) mass is 419 g/mol. The molecule has 0 radical (unpaired) electrons. The molecule has 1 aliphatic heterocycles. The molecule has 30 heavy (non-hydrogen) atoms. The molecule has 1 aromatic carbocycles. The predicted octanol–water partition coefficient (Wildman–Crippen LogP) is 1.70. The van der Waals surface area contributed by atoms with Crippen LogP contribution in [0, 0.1) is 11.7 Å². The first-order valence-electron chi connectivity index (χ1n) is 10.9. The third-order valence-electron chi connectivity index (χ3n) is 5.77. The molecule has 1 saturated carbocycles. The number of nitrogens with one attached hydrogen (secondary N) is 2. The minimum Gasteiger partial charge on any atom is -0.489 e. The van der Waals surface area contributed by atoms with Crippen molar-refractivity contribution in [1.29, 1.82) is 0 Å². The van der Waals surface area contributed by atoms with E-state index in [2.05, 4.69) is 20.5 Å². The number of guanidine groups is 1. The average Bonchev–Trinajstić information content (AvgIpc) is 2.69. The minimum absolute atomic E-state index is 0.133. The number of nitrogens with zero attached hydrogens (tertiary/aromatic N) is 3. The Hall–Kier alpha value is -2.35. The van der Waals surface area contributed by atoms with Crippen LogP contribution in [0.3, 0.4) is 0 Å². The normalized spacial score (nSPS) is 19.2. The van der Waals surface area contributed by atoms with Crippen LogP contribution in [0.1, 0.15) is 26.2 Å². The molecule has 1 aromatic rings. The molecule has 1 saturated heterocycles. The van der Waals surface area contributed by atoms with Gasteiger partial charge in [0.25, 0.3) is 0 Å². The number of ether oxygens (including phenoxy) is 1. The van der Waals surface area contributed by atoms with Gasteiger partial charge in [0, 0.05) is 58.3 Å². The fourth-order valence-electron chi connectivity index (χ4n) is 3.71. The number of carbonyl (C=O) groups excluding carboxylic acids is 1. The van der Waals surface area contributed by atoms with Crippen LogP contribution in [0.25, 0.3) is 0 Å². The fourth-order valence-corrected chi connectivity index (χ4v) is 3.71. The number of benzene rings is 1. The summed E-state index contributed by atoms with van der Waals surface area (Å²) in [6, 6.07) is 6.15. The van der Waals surface area contributed by atoms with Gasteiger partial charge in [-0.3, -0.25) is 14.7 Å². The van der Waals surface area contributed by atoms with E-state index in [9.17, 15) is 9.18 Å². The van der Waals surface area contributed by atoms with Gasteiger partial charge >= 0.3 is 0 Å². The first kappa shape index (κ1) is 22.3. The van der Waals surface area contributed by atoms with Crippen LogP contribution in [0.2, 0.25) is 0 Å². The van der Waals surface area contributed by atoms with Gasteiger partial charge in [0.1, 0.15) is 17.7 Å². The van der Waals surface area contributed by atoms with Crippen LogP contribution in [0.5, 0.6) is 5.75 Å². The van der Waals surface area contributed by atoms with E-state index in [-0.39, 0.29) is 11.9 Å². The second-order valence-corrected chi connectivity index (χ2v) is 8.06. The van der Waals surface area contributed by atoms with Gasteiger partial charge in [-0.15, -0.1) is 0 Å². The lowest BCUT2D eigenvalue weighted by Crippen LogP contribution is -2.52. The first-order valence-corrected chi connectivity index (χ1v) is 10.9. The Bertz CT molecular complexity index is 717. The third kappa shape index (κ3) is 6.58. The molecule has 1 aliphatic carbocycles. The summed E-state index contributed by atoms with van der Waals surface area (Å²) in [7, 11) is 1.73. The van der Waals surface area contributed by atoms with Crippen molar-refractivity contribution in [2.45, 2.75) is 32.3 Å². The molecular weight excluding hydrogens is 385 g/mol.